The lowest BCUT2D eigenvalue weighted by molar-refractivity contribution is -0.136. The number of thiazole rings is 1. The molecule has 0 saturated heterocycles. The molecule has 3 aromatic rings. The second-order valence-corrected chi connectivity index (χ2v) is 6.65. The van der Waals surface area contributed by atoms with Crippen LogP contribution in [0.3, 0.4) is 0 Å². The lowest BCUT2D eigenvalue weighted by atomic mass is 10.1. The Morgan fingerprint density at radius 1 is 1.25 bits per heavy atom. The van der Waals surface area contributed by atoms with Crippen molar-refractivity contribution in [2.75, 3.05) is 0 Å². The first-order valence-electron chi connectivity index (χ1n) is 7.54. The van der Waals surface area contributed by atoms with Crippen LogP contribution in [0.25, 0.3) is 10.2 Å². The fourth-order valence-corrected chi connectivity index (χ4v) is 3.33. The summed E-state index contributed by atoms with van der Waals surface area (Å²) in [5.74, 6) is 0.645. The molecule has 6 nitrogen and oxygen atoms in total. The van der Waals surface area contributed by atoms with Gasteiger partial charge >= 0.3 is 0 Å². The maximum Gasteiger partial charge on any atom is 0.252 e. The van der Waals surface area contributed by atoms with Crippen LogP contribution in [0.2, 0.25) is 0 Å². The number of fused-ring (bicyclic) bond motifs is 1. The summed E-state index contributed by atoms with van der Waals surface area (Å²) in [6.45, 7) is 3.55. The fraction of sp³-hybridized carbons (Fsp3) is 0.294. The fourth-order valence-electron chi connectivity index (χ4n) is 2.35. The third kappa shape index (κ3) is 3.33. The third-order valence-electron chi connectivity index (χ3n) is 3.68. The summed E-state index contributed by atoms with van der Waals surface area (Å²) in [6.07, 6.45) is -2.99. The summed E-state index contributed by atoms with van der Waals surface area (Å²) in [5.41, 5.74) is 0.726. The molecule has 0 aliphatic heterocycles. The van der Waals surface area contributed by atoms with E-state index in [1.54, 1.807) is 19.1 Å². The lowest BCUT2D eigenvalue weighted by Gasteiger charge is -2.18. The highest BCUT2D eigenvalue weighted by atomic mass is 32.1. The molecule has 2 aromatic heterocycles. The average Bonchev–Trinajstić information content (AvgIpc) is 3.19. The number of aliphatic hydroxyl groups excluding tert-OH is 2. The number of nitrogens with one attached hydrogen (secondary N) is 1. The van der Waals surface area contributed by atoms with Gasteiger partial charge in [-0.25, -0.2) is 4.98 Å². The van der Waals surface area contributed by atoms with Crippen molar-refractivity contribution in [3.05, 3.63) is 52.9 Å². The second-order valence-electron chi connectivity index (χ2n) is 5.59. The molecule has 1 aromatic carbocycles. The molecule has 126 valence electrons. The normalized spacial score (nSPS) is 15.2. The maximum atomic E-state index is 12.2. The van der Waals surface area contributed by atoms with Crippen LogP contribution >= 0.6 is 11.3 Å². The van der Waals surface area contributed by atoms with Crippen LogP contribution in [-0.4, -0.2) is 27.2 Å². The average molecular weight is 346 g/mol. The zero-order valence-corrected chi connectivity index (χ0v) is 14.1. The molecule has 0 saturated carbocycles. The molecule has 0 spiro atoms. The molecule has 24 heavy (non-hydrogen) atoms. The molecule has 7 heteroatoms. The Bertz CT molecular complexity index is 824. The molecule has 3 atom stereocenters. The van der Waals surface area contributed by atoms with Gasteiger partial charge < -0.3 is 19.9 Å². The number of aliphatic hydroxyl groups is 2. The molecule has 0 aliphatic rings. The Balaban J connectivity index is 1.70. The molecule has 3 rings (SSSR count). The first-order valence-corrected chi connectivity index (χ1v) is 8.35. The number of aryl methyl sites for hydroxylation is 1. The van der Waals surface area contributed by atoms with Gasteiger partial charge in [-0.15, -0.1) is 11.3 Å². The van der Waals surface area contributed by atoms with Crippen LogP contribution in [0.4, 0.5) is 0 Å². The van der Waals surface area contributed by atoms with Gasteiger partial charge in [0.15, 0.2) is 6.10 Å². The number of hydrogen-bond acceptors (Lipinski definition) is 6. The summed E-state index contributed by atoms with van der Waals surface area (Å²) >= 11 is 1.25. The van der Waals surface area contributed by atoms with Gasteiger partial charge in [-0.2, -0.15) is 0 Å². The number of aromatic nitrogens is 1. The van der Waals surface area contributed by atoms with Crippen LogP contribution in [0, 0.1) is 6.92 Å². The first kappa shape index (κ1) is 16.6. The van der Waals surface area contributed by atoms with E-state index in [1.807, 2.05) is 31.2 Å². The van der Waals surface area contributed by atoms with Crippen molar-refractivity contribution in [2.24, 2.45) is 0 Å². The monoisotopic (exact) mass is 346 g/mol. The van der Waals surface area contributed by atoms with Crippen LogP contribution in [0.5, 0.6) is 0 Å². The molecule has 3 N–H and O–H groups in total. The number of carbonyl (C=O) groups is 1. The van der Waals surface area contributed by atoms with E-state index in [0.717, 1.165) is 16.0 Å². The summed E-state index contributed by atoms with van der Waals surface area (Å²) < 4.78 is 6.33. The molecule has 1 amide bonds. The smallest absolute Gasteiger partial charge is 0.252 e. The molecular formula is C17H18N2O4S. The minimum atomic E-state index is -1.61. The second kappa shape index (κ2) is 6.72. The molecule has 3 unspecified atom stereocenters. The zero-order valence-electron chi connectivity index (χ0n) is 13.3. The topological polar surface area (TPSA) is 95.6 Å². The standard InChI is InChI=1S/C17H18N2O4S/c1-9-7-8-12(23-9)10(2)18-16(22)14(20)15(21)17-19-11-5-3-4-6-13(11)24-17/h3-8,10,14-15,20-21H,1-2H3,(H,18,22). The third-order valence-corrected chi connectivity index (χ3v) is 4.78. The van der Waals surface area contributed by atoms with Gasteiger partial charge in [-0.3, -0.25) is 4.79 Å². The molecule has 0 radical (unpaired) electrons. The van der Waals surface area contributed by atoms with Gasteiger partial charge in [0.1, 0.15) is 22.6 Å². The minimum absolute atomic E-state index is 0.306. The summed E-state index contributed by atoms with van der Waals surface area (Å²) in [4.78, 5) is 16.4. The van der Waals surface area contributed by atoms with E-state index in [4.69, 9.17) is 4.42 Å². The Labute approximate surface area is 142 Å². The van der Waals surface area contributed by atoms with Crippen LogP contribution in [-0.2, 0) is 4.79 Å². The number of nitrogens with zero attached hydrogens (tertiary/aromatic N) is 1. The van der Waals surface area contributed by atoms with Crippen molar-refractivity contribution < 1.29 is 19.4 Å². The number of rotatable bonds is 5. The predicted octanol–water partition coefficient (Wildman–Crippen LogP) is 2.47. The van der Waals surface area contributed by atoms with E-state index in [9.17, 15) is 15.0 Å². The van der Waals surface area contributed by atoms with Gasteiger partial charge in [0, 0.05) is 0 Å². The van der Waals surface area contributed by atoms with E-state index in [1.165, 1.54) is 11.3 Å². The molecule has 0 bridgehead atoms. The molecule has 2 heterocycles. The highest BCUT2D eigenvalue weighted by molar-refractivity contribution is 7.18. The SMILES string of the molecule is Cc1ccc(C(C)NC(=O)C(O)C(O)c2nc3ccccc3s2)o1. The van der Waals surface area contributed by atoms with E-state index in [2.05, 4.69) is 10.3 Å². The van der Waals surface area contributed by atoms with Crippen molar-refractivity contribution in [1.29, 1.82) is 0 Å². The Kier molecular flexibility index (Phi) is 4.66. The first-order chi connectivity index (χ1) is 11.5. The van der Waals surface area contributed by atoms with Crippen molar-refractivity contribution in [3.8, 4) is 0 Å². The van der Waals surface area contributed by atoms with Gasteiger partial charge in [0.05, 0.1) is 16.3 Å². The summed E-state index contributed by atoms with van der Waals surface area (Å²) in [6, 6.07) is 10.5. The van der Waals surface area contributed by atoms with Crippen molar-refractivity contribution in [2.45, 2.75) is 32.1 Å². The van der Waals surface area contributed by atoms with Gasteiger partial charge in [0.2, 0.25) is 0 Å². The van der Waals surface area contributed by atoms with Crippen LogP contribution in [0.1, 0.15) is 35.6 Å². The number of para-hydroxylation sites is 1. The Hall–Kier alpha value is -2.22. The zero-order chi connectivity index (χ0) is 17.3. The van der Waals surface area contributed by atoms with Gasteiger partial charge in [-0.05, 0) is 38.1 Å². The highest BCUT2D eigenvalue weighted by Gasteiger charge is 2.29. The van der Waals surface area contributed by atoms with E-state index in [0.29, 0.717) is 10.8 Å². The van der Waals surface area contributed by atoms with Crippen molar-refractivity contribution in [3.63, 3.8) is 0 Å². The Morgan fingerprint density at radius 2 is 2.00 bits per heavy atom. The van der Waals surface area contributed by atoms with Crippen LogP contribution in [0.15, 0.2) is 40.8 Å². The molecule has 0 fully saturated rings. The van der Waals surface area contributed by atoms with Crippen LogP contribution < -0.4 is 5.32 Å². The van der Waals surface area contributed by atoms with Gasteiger partial charge in [0.25, 0.3) is 5.91 Å². The largest absolute Gasteiger partial charge is 0.464 e. The number of furan rings is 1. The van der Waals surface area contributed by atoms with Gasteiger partial charge in [-0.1, -0.05) is 12.1 Å². The summed E-state index contributed by atoms with van der Waals surface area (Å²) in [5, 5.41) is 23.3. The van der Waals surface area contributed by atoms with Crippen molar-refractivity contribution in [1.82, 2.24) is 10.3 Å². The van der Waals surface area contributed by atoms with E-state index >= 15 is 0 Å². The minimum Gasteiger partial charge on any atom is -0.464 e. The number of amides is 1. The summed E-state index contributed by atoms with van der Waals surface area (Å²) in [7, 11) is 0. The lowest BCUT2D eigenvalue weighted by Crippen LogP contribution is -2.39. The quantitative estimate of drug-likeness (QED) is 0.659. The number of carbonyl (C=O) groups excluding carboxylic acids is 1. The molecule has 0 aliphatic carbocycles. The van der Waals surface area contributed by atoms with Crippen molar-refractivity contribution >= 4 is 27.5 Å². The Morgan fingerprint density at radius 3 is 2.67 bits per heavy atom. The van der Waals surface area contributed by atoms with E-state index < -0.39 is 24.2 Å². The number of hydrogen-bond donors (Lipinski definition) is 3. The maximum absolute atomic E-state index is 12.2. The van der Waals surface area contributed by atoms with E-state index in [-0.39, 0.29) is 0 Å². The number of benzene rings is 1. The predicted molar refractivity (Wildman–Crippen MR) is 90.6 cm³/mol. The highest BCUT2D eigenvalue weighted by Crippen LogP contribution is 2.28. The molecular weight excluding hydrogens is 328 g/mol.